The van der Waals surface area contributed by atoms with Gasteiger partial charge in [-0.2, -0.15) is 0 Å². The van der Waals surface area contributed by atoms with Crippen molar-refractivity contribution in [3.8, 4) is 0 Å². The number of amides is 1. The van der Waals surface area contributed by atoms with Gasteiger partial charge in [-0.05, 0) is 57.8 Å². The maximum Gasteiger partial charge on any atom is 0.472 e. The van der Waals surface area contributed by atoms with Gasteiger partial charge in [-0.1, -0.05) is 176 Å². The Labute approximate surface area is 344 Å². The van der Waals surface area contributed by atoms with Gasteiger partial charge in [0.05, 0.1) is 39.9 Å². The van der Waals surface area contributed by atoms with Gasteiger partial charge in [0, 0.05) is 6.42 Å². The van der Waals surface area contributed by atoms with Gasteiger partial charge in [0.25, 0.3) is 0 Å². The van der Waals surface area contributed by atoms with Crippen molar-refractivity contribution in [2.24, 2.45) is 0 Å². The number of hydrogen-bond acceptors (Lipinski definition) is 5. The van der Waals surface area contributed by atoms with E-state index >= 15 is 0 Å². The number of nitrogens with one attached hydrogen (secondary N) is 1. The molecule has 9 heteroatoms. The van der Waals surface area contributed by atoms with E-state index in [1.54, 1.807) is 12.2 Å². The van der Waals surface area contributed by atoms with Gasteiger partial charge in [0.2, 0.25) is 5.91 Å². The lowest BCUT2D eigenvalue weighted by molar-refractivity contribution is -0.870. The van der Waals surface area contributed by atoms with E-state index in [9.17, 15) is 19.4 Å². The molecule has 56 heavy (non-hydrogen) atoms. The summed E-state index contributed by atoms with van der Waals surface area (Å²) < 4.78 is 23.5. The van der Waals surface area contributed by atoms with Crippen molar-refractivity contribution in [3.05, 3.63) is 85.1 Å². The summed E-state index contributed by atoms with van der Waals surface area (Å²) in [7, 11) is 1.48. The van der Waals surface area contributed by atoms with Crippen LogP contribution >= 0.6 is 7.82 Å². The van der Waals surface area contributed by atoms with Crippen LogP contribution in [-0.2, 0) is 18.4 Å². The molecule has 0 fully saturated rings. The summed E-state index contributed by atoms with van der Waals surface area (Å²) in [5.74, 6) is -0.317. The third-order valence-electron chi connectivity index (χ3n) is 9.13. The molecule has 3 N–H and O–H groups in total. The van der Waals surface area contributed by atoms with Gasteiger partial charge in [-0.25, -0.2) is 4.57 Å². The average Bonchev–Trinajstić information content (AvgIpc) is 3.15. The molecule has 3 unspecified atom stereocenters. The Morgan fingerprint density at radius 1 is 0.625 bits per heavy atom. The van der Waals surface area contributed by atoms with E-state index in [2.05, 4.69) is 79.9 Å². The van der Waals surface area contributed by atoms with E-state index < -0.39 is 20.0 Å². The maximum atomic E-state index is 12.8. The van der Waals surface area contributed by atoms with E-state index in [1.165, 1.54) is 83.5 Å². The van der Waals surface area contributed by atoms with Crippen LogP contribution in [0.2, 0.25) is 0 Å². The van der Waals surface area contributed by atoms with Crippen molar-refractivity contribution >= 4 is 13.7 Å². The van der Waals surface area contributed by atoms with Gasteiger partial charge in [0.15, 0.2) is 0 Å². The number of phosphoric ester groups is 1. The number of nitrogens with zero attached hydrogens (tertiary/aromatic N) is 1. The zero-order valence-corrected chi connectivity index (χ0v) is 37.2. The SMILES string of the molecule is CC/C=C\C/C=C\C/C=C\C/C=C\C/C=C\CC(=O)NC(COP(=O)(O)OCC[N+](C)(C)C)C(O)/C=C/CC/C=C/CCCCCCCCCCCCCCC. The van der Waals surface area contributed by atoms with Gasteiger partial charge >= 0.3 is 7.82 Å². The summed E-state index contributed by atoms with van der Waals surface area (Å²) >= 11 is 0. The monoisotopic (exact) mass is 804 g/mol. The van der Waals surface area contributed by atoms with Crippen molar-refractivity contribution in [2.75, 3.05) is 40.9 Å². The van der Waals surface area contributed by atoms with Crippen LogP contribution in [0.5, 0.6) is 0 Å². The van der Waals surface area contributed by atoms with Crippen molar-refractivity contribution < 1.29 is 32.9 Å². The average molecular weight is 804 g/mol. The number of likely N-dealkylation sites (N-methyl/N-ethyl adjacent to an activating group) is 1. The highest BCUT2D eigenvalue weighted by Gasteiger charge is 2.27. The Hall–Kier alpha value is -2.32. The first-order chi connectivity index (χ1) is 27.0. The van der Waals surface area contributed by atoms with Crippen LogP contribution in [0.4, 0.5) is 0 Å². The molecule has 0 aromatic rings. The lowest BCUT2D eigenvalue weighted by atomic mass is 10.0. The summed E-state index contributed by atoms with van der Waals surface area (Å²) in [6.45, 7) is 4.58. The highest BCUT2D eigenvalue weighted by molar-refractivity contribution is 7.47. The Kier molecular flexibility index (Phi) is 36.6. The molecule has 0 aliphatic carbocycles. The van der Waals surface area contributed by atoms with Crippen molar-refractivity contribution in [3.63, 3.8) is 0 Å². The second-order valence-electron chi connectivity index (χ2n) is 15.7. The number of hydrogen-bond donors (Lipinski definition) is 3. The minimum absolute atomic E-state index is 0.0354. The molecule has 0 heterocycles. The van der Waals surface area contributed by atoms with Crippen LogP contribution < -0.4 is 5.32 Å². The van der Waals surface area contributed by atoms with E-state index in [0.717, 1.165) is 44.9 Å². The molecular formula is C47H84N2O6P+. The number of allylic oxidation sites excluding steroid dienone is 12. The number of carbonyl (C=O) groups is 1. The van der Waals surface area contributed by atoms with E-state index in [4.69, 9.17) is 9.05 Å². The first kappa shape index (κ1) is 53.7. The number of rotatable bonds is 38. The van der Waals surface area contributed by atoms with Gasteiger partial charge in [-0.3, -0.25) is 13.8 Å². The van der Waals surface area contributed by atoms with Crippen molar-refractivity contribution in [2.45, 2.75) is 167 Å². The third kappa shape index (κ3) is 39.9. The molecule has 0 saturated heterocycles. The van der Waals surface area contributed by atoms with Crippen LogP contribution in [0, 0.1) is 0 Å². The largest absolute Gasteiger partial charge is 0.472 e. The lowest BCUT2D eigenvalue weighted by Gasteiger charge is -2.25. The molecule has 0 aliphatic rings. The van der Waals surface area contributed by atoms with E-state index in [-0.39, 0.29) is 25.5 Å². The van der Waals surface area contributed by atoms with Gasteiger partial charge in [-0.15, -0.1) is 0 Å². The van der Waals surface area contributed by atoms with Crippen LogP contribution in [0.15, 0.2) is 85.1 Å². The highest BCUT2D eigenvalue weighted by Crippen LogP contribution is 2.43. The first-order valence-electron chi connectivity index (χ1n) is 22.0. The van der Waals surface area contributed by atoms with Crippen molar-refractivity contribution in [1.29, 1.82) is 0 Å². The van der Waals surface area contributed by atoms with Gasteiger partial charge in [0.1, 0.15) is 13.2 Å². The van der Waals surface area contributed by atoms with E-state index in [1.807, 2.05) is 33.3 Å². The molecule has 0 spiro atoms. The Balaban J connectivity index is 4.62. The fourth-order valence-corrected chi connectivity index (χ4v) is 6.39. The minimum Gasteiger partial charge on any atom is -0.387 e. The first-order valence-corrected chi connectivity index (χ1v) is 23.5. The second-order valence-corrected chi connectivity index (χ2v) is 17.2. The molecular weight excluding hydrogens is 719 g/mol. The predicted molar refractivity (Wildman–Crippen MR) is 239 cm³/mol. The molecule has 0 aliphatic heterocycles. The zero-order chi connectivity index (χ0) is 41.4. The molecule has 8 nitrogen and oxygen atoms in total. The standard InChI is InChI=1S/C47H83N2O6P/c1-6-8-10-12-14-16-18-20-22-23-24-25-27-28-30-32-34-36-38-40-46(50)45(44-55-56(52,53)54-43-42-49(3,4)5)48-47(51)41-39-37-35-33-31-29-26-21-19-17-15-13-11-9-7-2/h9,11,15,17,21,26,30-33,37-40,45-46,50H,6-8,10,12-14,16,18-20,22-25,27-29,34-36,41-44H2,1-5H3,(H-,48,51,52,53)/p+1/b11-9-,17-15-,26-21-,32-30+,33-31-,39-37-,40-38+. The fraction of sp³-hybridized carbons (Fsp3) is 0.681. The lowest BCUT2D eigenvalue weighted by Crippen LogP contribution is -2.45. The number of phosphoric acid groups is 1. The number of carbonyl (C=O) groups excluding carboxylic acids is 1. The summed E-state index contributed by atoms with van der Waals surface area (Å²) in [5, 5.41) is 13.7. The van der Waals surface area contributed by atoms with Crippen LogP contribution in [-0.4, -0.2) is 73.4 Å². The predicted octanol–water partition coefficient (Wildman–Crippen LogP) is 12.2. The molecule has 0 bridgehead atoms. The number of quaternary nitrogens is 1. The molecule has 322 valence electrons. The fourth-order valence-electron chi connectivity index (χ4n) is 5.65. The topological polar surface area (TPSA) is 105 Å². The second kappa shape index (κ2) is 38.2. The summed E-state index contributed by atoms with van der Waals surface area (Å²) in [6, 6.07) is -0.921. The van der Waals surface area contributed by atoms with Gasteiger partial charge < -0.3 is 19.8 Å². The Morgan fingerprint density at radius 3 is 1.61 bits per heavy atom. The van der Waals surface area contributed by atoms with E-state index in [0.29, 0.717) is 17.4 Å². The molecule has 0 radical (unpaired) electrons. The summed E-state index contributed by atoms with van der Waals surface area (Å²) in [6.07, 6.45) is 52.6. The minimum atomic E-state index is -4.37. The van der Waals surface area contributed by atoms with Crippen LogP contribution in [0.1, 0.15) is 155 Å². The Bertz CT molecular complexity index is 1180. The molecule has 0 aromatic heterocycles. The number of unbranched alkanes of at least 4 members (excludes halogenated alkanes) is 14. The highest BCUT2D eigenvalue weighted by atomic mass is 31.2. The zero-order valence-electron chi connectivity index (χ0n) is 36.3. The third-order valence-corrected chi connectivity index (χ3v) is 10.1. The molecule has 0 saturated carbocycles. The maximum absolute atomic E-state index is 12.8. The van der Waals surface area contributed by atoms with Crippen molar-refractivity contribution in [1.82, 2.24) is 5.32 Å². The molecule has 0 rings (SSSR count). The summed E-state index contributed by atoms with van der Waals surface area (Å²) in [5.41, 5.74) is 0. The van der Waals surface area contributed by atoms with Crippen LogP contribution in [0.3, 0.4) is 0 Å². The molecule has 1 amide bonds. The normalized spacial score (nSPS) is 15.2. The number of aliphatic hydroxyl groups is 1. The summed E-state index contributed by atoms with van der Waals surface area (Å²) in [4.78, 5) is 23.0. The number of aliphatic hydroxyl groups excluding tert-OH is 1. The van der Waals surface area contributed by atoms with Crippen LogP contribution in [0.25, 0.3) is 0 Å². The Morgan fingerprint density at radius 2 is 1.09 bits per heavy atom. The quantitative estimate of drug-likeness (QED) is 0.0248. The smallest absolute Gasteiger partial charge is 0.387 e. The molecule has 3 atom stereocenters. The molecule has 0 aromatic carbocycles.